The maximum atomic E-state index is 11.3. The highest BCUT2D eigenvalue weighted by Crippen LogP contribution is 1.98. The molecule has 0 heterocycles. The van der Waals surface area contributed by atoms with Crippen molar-refractivity contribution in [1.82, 2.24) is 4.90 Å². The van der Waals surface area contributed by atoms with E-state index >= 15 is 0 Å². The summed E-state index contributed by atoms with van der Waals surface area (Å²) in [7, 11) is 1.78. The lowest BCUT2D eigenvalue weighted by Gasteiger charge is -2.17. The van der Waals surface area contributed by atoms with Crippen LogP contribution in [0, 0.1) is 5.92 Å². The van der Waals surface area contributed by atoms with E-state index in [9.17, 15) is 4.79 Å². The summed E-state index contributed by atoms with van der Waals surface area (Å²) in [6, 6.07) is 0. The quantitative estimate of drug-likeness (QED) is 0.662. The molecular formula is C10H21NO2. The summed E-state index contributed by atoms with van der Waals surface area (Å²) in [6.45, 7) is 7.45. The molecule has 0 unspecified atom stereocenters. The Kier molecular flexibility index (Phi) is 6.37. The zero-order valence-electron chi connectivity index (χ0n) is 9.17. The van der Waals surface area contributed by atoms with Crippen molar-refractivity contribution in [2.24, 2.45) is 5.92 Å². The maximum absolute atomic E-state index is 11.3. The number of rotatable bonds is 5. The number of hydrogen-bond acceptors (Lipinski definition) is 2. The van der Waals surface area contributed by atoms with Crippen LogP contribution in [0.15, 0.2) is 0 Å². The van der Waals surface area contributed by atoms with Gasteiger partial charge in [-0.05, 0) is 12.3 Å². The molecule has 0 bridgehead atoms. The molecule has 0 aromatic heterocycles. The topological polar surface area (TPSA) is 29.5 Å². The minimum atomic E-state index is -0.206. The summed E-state index contributed by atoms with van der Waals surface area (Å²) in [5.74, 6) is 0.406. The Morgan fingerprint density at radius 1 is 1.46 bits per heavy atom. The molecule has 0 aromatic carbocycles. The summed E-state index contributed by atoms with van der Waals surface area (Å²) in [5, 5.41) is 0. The van der Waals surface area contributed by atoms with Crippen molar-refractivity contribution in [1.29, 1.82) is 0 Å². The van der Waals surface area contributed by atoms with Crippen LogP contribution < -0.4 is 0 Å². The molecule has 0 rings (SSSR count). The number of unbranched alkanes of at least 4 members (excludes halogenated alkanes) is 1. The van der Waals surface area contributed by atoms with E-state index in [4.69, 9.17) is 4.74 Å². The Morgan fingerprint density at radius 2 is 2.08 bits per heavy atom. The SMILES string of the molecule is CCCCN(C)C(=O)OCC(C)C. The van der Waals surface area contributed by atoms with E-state index in [1.807, 2.05) is 13.8 Å². The molecule has 0 aromatic rings. The third kappa shape index (κ3) is 6.43. The molecular weight excluding hydrogens is 166 g/mol. The fraction of sp³-hybridized carbons (Fsp3) is 0.900. The molecule has 0 aliphatic rings. The minimum absolute atomic E-state index is 0.206. The van der Waals surface area contributed by atoms with Crippen LogP contribution in [0.4, 0.5) is 4.79 Å². The van der Waals surface area contributed by atoms with Crippen molar-refractivity contribution in [3.63, 3.8) is 0 Å². The van der Waals surface area contributed by atoms with Crippen molar-refractivity contribution in [2.75, 3.05) is 20.2 Å². The zero-order valence-corrected chi connectivity index (χ0v) is 9.17. The van der Waals surface area contributed by atoms with Crippen LogP contribution in [0.25, 0.3) is 0 Å². The third-order valence-corrected chi connectivity index (χ3v) is 1.70. The van der Waals surface area contributed by atoms with Gasteiger partial charge in [0.1, 0.15) is 0 Å². The molecule has 0 radical (unpaired) electrons. The first-order valence-corrected chi connectivity index (χ1v) is 4.95. The van der Waals surface area contributed by atoms with Gasteiger partial charge in [0.2, 0.25) is 0 Å². The first kappa shape index (κ1) is 12.3. The number of carbonyl (C=O) groups is 1. The molecule has 1 amide bonds. The standard InChI is InChI=1S/C10H21NO2/c1-5-6-7-11(4)10(12)13-8-9(2)3/h9H,5-8H2,1-4H3. The first-order chi connectivity index (χ1) is 6.07. The van der Waals surface area contributed by atoms with Crippen LogP contribution in [0.1, 0.15) is 33.6 Å². The first-order valence-electron chi connectivity index (χ1n) is 4.95. The van der Waals surface area contributed by atoms with Crippen molar-refractivity contribution < 1.29 is 9.53 Å². The number of nitrogens with zero attached hydrogens (tertiary/aromatic N) is 1. The van der Waals surface area contributed by atoms with Gasteiger partial charge in [0, 0.05) is 13.6 Å². The van der Waals surface area contributed by atoms with Gasteiger partial charge in [0.15, 0.2) is 0 Å². The van der Waals surface area contributed by atoms with Crippen molar-refractivity contribution >= 4 is 6.09 Å². The van der Waals surface area contributed by atoms with Gasteiger partial charge < -0.3 is 9.64 Å². The molecule has 0 saturated carbocycles. The van der Waals surface area contributed by atoms with Gasteiger partial charge in [0.05, 0.1) is 6.61 Å². The van der Waals surface area contributed by atoms with E-state index in [2.05, 4.69) is 6.92 Å². The number of ether oxygens (including phenoxy) is 1. The molecule has 0 N–H and O–H groups in total. The number of amides is 1. The lowest BCUT2D eigenvalue weighted by molar-refractivity contribution is 0.0996. The molecule has 0 atom stereocenters. The Morgan fingerprint density at radius 3 is 2.54 bits per heavy atom. The second-order valence-corrected chi connectivity index (χ2v) is 3.75. The highest BCUT2D eigenvalue weighted by Gasteiger charge is 2.09. The van der Waals surface area contributed by atoms with E-state index in [0.717, 1.165) is 19.4 Å². The number of carbonyl (C=O) groups excluding carboxylic acids is 1. The van der Waals surface area contributed by atoms with Crippen molar-refractivity contribution in [3.05, 3.63) is 0 Å². The fourth-order valence-corrected chi connectivity index (χ4v) is 0.835. The van der Waals surface area contributed by atoms with Crippen LogP contribution in [-0.2, 0) is 4.74 Å². The van der Waals surface area contributed by atoms with E-state index in [1.54, 1.807) is 11.9 Å². The molecule has 0 aliphatic carbocycles. The Bertz CT molecular complexity index is 146. The minimum Gasteiger partial charge on any atom is -0.449 e. The van der Waals surface area contributed by atoms with E-state index in [1.165, 1.54) is 0 Å². The monoisotopic (exact) mass is 187 g/mol. The molecule has 0 spiro atoms. The highest BCUT2D eigenvalue weighted by molar-refractivity contribution is 5.67. The van der Waals surface area contributed by atoms with Gasteiger partial charge in [0.25, 0.3) is 0 Å². The van der Waals surface area contributed by atoms with Gasteiger partial charge in [-0.15, -0.1) is 0 Å². The molecule has 78 valence electrons. The van der Waals surface area contributed by atoms with Crippen molar-refractivity contribution in [2.45, 2.75) is 33.6 Å². The second kappa shape index (κ2) is 6.75. The number of hydrogen-bond donors (Lipinski definition) is 0. The summed E-state index contributed by atoms with van der Waals surface area (Å²) >= 11 is 0. The van der Waals surface area contributed by atoms with Crippen LogP contribution in [-0.4, -0.2) is 31.2 Å². The van der Waals surface area contributed by atoms with Gasteiger partial charge >= 0.3 is 6.09 Å². The predicted molar refractivity (Wildman–Crippen MR) is 53.7 cm³/mol. The van der Waals surface area contributed by atoms with Crippen LogP contribution in [0.3, 0.4) is 0 Å². The largest absolute Gasteiger partial charge is 0.449 e. The molecule has 13 heavy (non-hydrogen) atoms. The van der Waals surface area contributed by atoms with E-state index < -0.39 is 0 Å². The average Bonchev–Trinajstić information content (AvgIpc) is 2.10. The average molecular weight is 187 g/mol. The smallest absolute Gasteiger partial charge is 0.409 e. The molecule has 0 aliphatic heterocycles. The predicted octanol–water partition coefficient (Wildman–Crippen LogP) is 2.51. The normalized spacial score (nSPS) is 10.2. The summed E-state index contributed by atoms with van der Waals surface area (Å²) in [4.78, 5) is 12.9. The Balaban J connectivity index is 3.57. The summed E-state index contributed by atoms with van der Waals surface area (Å²) < 4.78 is 5.05. The van der Waals surface area contributed by atoms with E-state index in [0.29, 0.717) is 12.5 Å². The zero-order chi connectivity index (χ0) is 10.3. The van der Waals surface area contributed by atoms with Gasteiger partial charge in [-0.3, -0.25) is 0 Å². The Hall–Kier alpha value is -0.730. The fourth-order valence-electron chi connectivity index (χ4n) is 0.835. The summed E-state index contributed by atoms with van der Waals surface area (Å²) in [6.07, 6.45) is 1.93. The third-order valence-electron chi connectivity index (χ3n) is 1.70. The van der Waals surface area contributed by atoms with Crippen molar-refractivity contribution in [3.8, 4) is 0 Å². The lowest BCUT2D eigenvalue weighted by atomic mass is 10.2. The maximum Gasteiger partial charge on any atom is 0.409 e. The Labute approximate surface area is 81.1 Å². The van der Waals surface area contributed by atoms with Crippen LogP contribution in [0.2, 0.25) is 0 Å². The van der Waals surface area contributed by atoms with Gasteiger partial charge in [-0.25, -0.2) is 4.79 Å². The lowest BCUT2D eigenvalue weighted by Crippen LogP contribution is -2.29. The molecule has 3 heteroatoms. The molecule has 0 saturated heterocycles. The van der Waals surface area contributed by atoms with Crippen LogP contribution in [0.5, 0.6) is 0 Å². The van der Waals surface area contributed by atoms with Gasteiger partial charge in [-0.2, -0.15) is 0 Å². The highest BCUT2D eigenvalue weighted by atomic mass is 16.6. The molecule has 3 nitrogen and oxygen atoms in total. The van der Waals surface area contributed by atoms with E-state index in [-0.39, 0.29) is 6.09 Å². The second-order valence-electron chi connectivity index (χ2n) is 3.75. The van der Waals surface area contributed by atoms with Crippen LogP contribution >= 0.6 is 0 Å². The summed E-state index contributed by atoms with van der Waals surface area (Å²) in [5.41, 5.74) is 0. The molecule has 0 fully saturated rings. The van der Waals surface area contributed by atoms with Gasteiger partial charge in [-0.1, -0.05) is 27.2 Å².